The summed E-state index contributed by atoms with van der Waals surface area (Å²) in [4.78, 5) is 24.1. The minimum atomic E-state index is -0.438. The summed E-state index contributed by atoms with van der Waals surface area (Å²) in [6.45, 7) is 0.147. The summed E-state index contributed by atoms with van der Waals surface area (Å²) >= 11 is 0. The van der Waals surface area contributed by atoms with E-state index in [2.05, 4.69) is 16.0 Å². The third-order valence-electron chi connectivity index (χ3n) is 3.61. The molecule has 140 valence electrons. The molecule has 27 heavy (non-hydrogen) atoms. The Bertz CT molecular complexity index is 829. The fourth-order valence-electron chi connectivity index (χ4n) is 2.10. The highest BCUT2D eigenvalue weighted by Gasteiger charge is 2.07. The van der Waals surface area contributed by atoms with Crippen LogP contribution in [-0.2, 0) is 0 Å². The van der Waals surface area contributed by atoms with E-state index >= 15 is 0 Å². The minimum absolute atomic E-state index is 0.147. The van der Waals surface area contributed by atoms with Crippen LogP contribution in [0, 0.1) is 5.41 Å². The molecule has 0 atom stereocenters. The molecule has 0 bridgehead atoms. The van der Waals surface area contributed by atoms with E-state index < -0.39 is 6.03 Å². The molecule has 6 N–H and O–H groups in total. The number of nitrogens with one attached hydrogen (secondary N) is 4. The van der Waals surface area contributed by atoms with E-state index in [0.29, 0.717) is 28.3 Å². The van der Waals surface area contributed by atoms with Gasteiger partial charge in [-0.1, -0.05) is 0 Å². The van der Waals surface area contributed by atoms with E-state index in [4.69, 9.17) is 15.9 Å². The number of nitrogens with two attached hydrogens (primary N) is 1. The molecule has 0 fully saturated rings. The molecule has 2 aromatic carbocycles. The number of anilines is 2. The summed E-state index contributed by atoms with van der Waals surface area (Å²) in [6, 6.07) is 13.0. The quantitative estimate of drug-likeness (QED) is 0.482. The predicted molar refractivity (Wildman–Crippen MR) is 105 cm³/mol. The highest BCUT2D eigenvalue weighted by molar-refractivity contribution is 6.04. The third kappa shape index (κ3) is 5.89. The number of urea groups is 1. The number of rotatable bonds is 7. The van der Waals surface area contributed by atoms with E-state index in [1.54, 1.807) is 55.6 Å². The van der Waals surface area contributed by atoms with Gasteiger partial charge in [-0.25, -0.2) is 4.79 Å². The van der Waals surface area contributed by atoms with Crippen molar-refractivity contribution >= 4 is 29.5 Å². The number of methoxy groups -OCH3 is 1. The van der Waals surface area contributed by atoms with Crippen LogP contribution >= 0.6 is 0 Å². The van der Waals surface area contributed by atoms with Gasteiger partial charge in [0.2, 0.25) is 0 Å². The molecule has 8 heteroatoms. The van der Waals surface area contributed by atoms with Gasteiger partial charge >= 0.3 is 6.03 Å². The van der Waals surface area contributed by atoms with Crippen LogP contribution in [0.1, 0.15) is 10.4 Å². The Hall–Kier alpha value is -3.81. The summed E-state index contributed by atoms with van der Waals surface area (Å²) < 4.78 is 5.07. The van der Waals surface area contributed by atoms with Gasteiger partial charge in [0.15, 0.2) is 0 Å². The Kier molecular flexibility index (Phi) is 6.95. The van der Waals surface area contributed by atoms with Gasteiger partial charge in [-0.05, 0) is 48.5 Å². The second kappa shape index (κ2) is 9.62. The molecule has 3 amide bonds. The van der Waals surface area contributed by atoms with Crippen molar-refractivity contribution in [2.45, 2.75) is 0 Å². The van der Waals surface area contributed by atoms with Crippen LogP contribution < -0.4 is 26.4 Å². The molecule has 0 aliphatic carbocycles. The van der Waals surface area contributed by atoms with Crippen LogP contribution in [0.3, 0.4) is 0 Å². The number of hydrogen-bond acceptors (Lipinski definition) is 5. The van der Waals surface area contributed by atoms with Gasteiger partial charge < -0.3 is 31.8 Å². The van der Waals surface area contributed by atoms with Gasteiger partial charge in [-0.15, -0.1) is 0 Å². The van der Waals surface area contributed by atoms with Crippen LogP contribution in [0.2, 0.25) is 0 Å². The summed E-state index contributed by atoms with van der Waals surface area (Å²) in [5, 5.41) is 15.1. The van der Waals surface area contributed by atoms with Crippen LogP contribution in [0.4, 0.5) is 16.2 Å². The van der Waals surface area contributed by atoms with E-state index in [-0.39, 0.29) is 12.5 Å². The zero-order chi connectivity index (χ0) is 19.6. The summed E-state index contributed by atoms with van der Waals surface area (Å²) in [5.41, 5.74) is 7.42. The third-order valence-corrected chi connectivity index (χ3v) is 3.61. The smallest absolute Gasteiger partial charge is 0.319 e. The molecule has 0 aromatic heterocycles. The summed E-state index contributed by atoms with van der Waals surface area (Å²) in [6.07, 6.45) is 2.32. The van der Waals surface area contributed by atoms with E-state index in [1.807, 2.05) is 0 Å². The molecule has 0 unspecified atom stereocenters. The van der Waals surface area contributed by atoms with Gasteiger partial charge in [0.05, 0.1) is 7.11 Å². The molecular weight excluding hydrogens is 346 g/mol. The second-order valence-electron chi connectivity index (χ2n) is 5.45. The van der Waals surface area contributed by atoms with E-state index in [1.165, 1.54) is 6.20 Å². The molecule has 2 aromatic rings. The number of ether oxygens (including phenoxy) is 1. The molecular formula is C19H21N5O3. The fraction of sp³-hybridized carbons (Fsp3) is 0.105. The molecule has 0 heterocycles. The molecule has 0 radical (unpaired) electrons. The second-order valence-corrected chi connectivity index (χ2v) is 5.45. The maximum Gasteiger partial charge on any atom is 0.319 e. The number of benzene rings is 2. The van der Waals surface area contributed by atoms with Gasteiger partial charge in [-0.3, -0.25) is 4.79 Å². The molecule has 0 saturated heterocycles. The molecule has 0 saturated carbocycles. The Balaban J connectivity index is 1.90. The van der Waals surface area contributed by atoms with Gasteiger partial charge in [0, 0.05) is 41.5 Å². The zero-order valence-corrected chi connectivity index (χ0v) is 14.8. The number of carbonyl (C=O) groups excluding carboxylic acids is 2. The average Bonchev–Trinajstić information content (AvgIpc) is 2.70. The largest absolute Gasteiger partial charge is 0.497 e. The topological polar surface area (TPSA) is 129 Å². The standard InChI is InChI=1S/C19H21N5O3/c1-27-17-8-6-15(7-9-17)23-18(25)14-2-4-16(5-3-14)24-19(26)22-12-13(10-20)11-21/h2-11,20H,12,21H2,1H3,(H,23,25)(H2,22,24,26)/b13-11+,20-10?. The predicted octanol–water partition coefficient (Wildman–Crippen LogP) is 2.56. The Labute approximate surface area is 156 Å². The number of hydrogen-bond donors (Lipinski definition) is 5. The lowest BCUT2D eigenvalue weighted by atomic mass is 10.2. The SMILES string of the molecule is COc1ccc(NC(=O)c2ccc(NC(=O)NC/C(C=N)=C/N)cc2)cc1. The zero-order valence-electron chi connectivity index (χ0n) is 14.8. The van der Waals surface area contributed by atoms with Crippen molar-refractivity contribution in [3.63, 3.8) is 0 Å². The minimum Gasteiger partial charge on any atom is -0.497 e. The Morgan fingerprint density at radius 3 is 2.19 bits per heavy atom. The monoisotopic (exact) mass is 367 g/mol. The fourth-order valence-corrected chi connectivity index (χ4v) is 2.10. The molecule has 0 aliphatic heterocycles. The molecule has 8 nitrogen and oxygen atoms in total. The summed E-state index contributed by atoms with van der Waals surface area (Å²) in [7, 11) is 1.57. The number of amides is 3. The van der Waals surface area contributed by atoms with Crippen LogP contribution in [0.25, 0.3) is 0 Å². The lowest BCUT2D eigenvalue weighted by Gasteiger charge is -2.09. The van der Waals surface area contributed by atoms with Crippen LogP contribution in [0.15, 0.2) is 60.3 Å². The first-order valence-electron chi connectivity index (χ1n) is 8.07. The first-order valence-corrected chi connectivity index (χ1v) is 8.07. The normalized spacial score (nSPS) is 10.6. The van der Waals surface area contributed by atoms with Crippen molar-refractivity contribution in [2.75, 3.05) is 24.3 Å². The van der Waals surface area contributed by atoms with Crippen molar-refractivity contribution in [3.8, 4) is 5.75 Å². The van der Waals surface area contributed by atoms with Crippen molar-refractivity contribution in [2.24, 2.45) is 5.73 Å². The first kappa shape index (κ1) is 19.5. The van der Waals surface area contributed by atoms with Gasteiger partial charge in [0.25, 0.3) is 5.91 Å². The van der Waals surface area contributed by atoms with E-state index in [9.17, 15) is 9.59 Å². The van der Waals surface area contributed by atoms with Crippen molar-refractivity contribution in [1.29, 1.82) is 5.41 Å². The summed E-state index contributed by atoms with van der Waals surface area (Å²) in [5.74, 6) is 0.441. The van der Waals surface area contributed by atoms with Crippen molar-refractivity contribution in [1.82, 2.24) is 5.32 Å². The molecule has 2 rings (SSSR count). The maximum absolute atomic E-state index is 12.3. The van der Waals surface area contributed by atoms with Crippen LogP contribution in [0.5, 0.6) is 5.75 Å². The molecule has 0 spiro atoms. The Morgan fingerprint density at radius 2 is 1.63 bits per heavy atom. The van der Waals surface area contributed by atoms with Crippen molar-refractivity contribution < 1.29 is 14.3 Å². The average molecular weight is 367 g/mol. The number of carbonyl (C=O) groups is 2. The first-order chi connectivity index (χ1) is 13.0. The Morgan fingerprint density at radius 1 is 1.04 bits per heavy atom. The lowest BCUT2D eigenvalue weighted by Crippen LogP contribution is -2.30. The van der Waals surface area contributed by atoms with Crippen molar-refractivity contribution in [3.05, 3.63) is 65.9 Å². The van der Waals surface area contributed by atoms with E-state index in [0.717, 1.165) is 6.21 Å². The van der Waals surface area contributed by atoms with Crippen LogP contribution in [-0.4, -0.2) is 31.8 Å². The van der Waals surface area contributed by atoms with Gasteiger partial charge in [0.1, 0.15) is 5.75 Å². The highest BCUT2D eigenvalue weighted by Crippen LogP contribution is 2.16. The lowest BCUT2D eigenvalue weighted by molar-refractivity contribution is 0.102. The van der Waals surface area contributed by atoms with Gasteiger partial charge in [-0.2, -0.15) is 0 Å². The molecule has 0 aliphatic rings. The highest BCUT2D eigenvalue weighted by atomic mass is 16.5. The maximum atomic E-state index is 12.3.